The van der Waals surface area contributed by atoms with Crippen LogP contribution in [0.15, 0.2) is 115 Å². The Bertz CT molecular complexity index is 1880. The van der Waals surface area contributed by atoms with E-state index in [1.165, 1.54) is 43.5 Å². The molecule has 5 aromatic carbocycles. The Morgan fingerprint density at radius 1 is 0.556 bits per heavy atom. The highest BCUT2D eigenvalue weighted by molar-refractivity contribution is 6.24. The lowest BCUT2D eigenvalue weighted by molar-refractivity contribution is 0.0462. The van der Waals surface area contributed by atoms with Crippen LogP contribution in [0.3, 0.4) is 0 Å². The molecular formula is C36H26O9. The third-order valence-electron chi connectivity index (χ3n) is 6.89. The summed E-state index contributed by atoms with van der Waals surface area (Å²) in [6.07, 6.45) is 0. The SMILES string of the molecule is COc1ccccc1COC(=O)c1c(C(=O)c2ccccc2)c(O)c(O)c(OC(=O)c2ccccc2)c1C(=O)c1ccccc1. The van der Waals surface area contributed by atoms with Crippen LogP contribution in [0.4, 0.5) is 0 Å². The minimum absolute atomic E-state index is 0.0384. The van der Waals surface area contributed by atoms with Gasteiger partial charge in [0.05, 0.1) is 29.4 Å². The van der Waals surface area contributed by atoms with E-state index in [4.69, 9.17) is 14.2 Å². The van der Waals surface area contributed by atoms with Gasteiger partial charge in [0, 0.05) is 16.7 Å². The van der Waals surface area contributed by atoms with E-state index in [9.17, 15) is 29.4 Å². The van der Waals surface area contributed by atoms with Crippen LogP contribution in [0, 0.1) is 0 Å². The van der Waals surface area contributed by atoms with E-state index in [0.717, 1.165) is 0 Å². The number of esters is 2. The summed E-state index contributed by atoms with van der Waals surface area (Å²) in [6.45, 7) is -0.346. The number of rotatable bonds is 10. The molecule has 0 atom stereocenters. The lowest BCUT2D eigenvalue weighted by Crippen LogP contribution is -2.21. The molecule has 0 bridgehead atoms. The van der Waals surface area contributed by atoms with Gasteiger partial charge in [0.1, 0.15) is 12.4 Å². The van der Waals surface area contributed by atoms with Crippen molar-refractivity contribution in [1.29, 1.82) is 0 Å². The maximum atomic E-state index is 14.1. The molecule has 2 N–H and O–H groups in total. The van der Waals surface area contributed by atoms with Gasteiger partial charge in [-0.1, -0.05) is 97.1 Å². The fourth-order valence-corrected chi connectivity index (χ4v) is 4.67. The number of methoxy groups -OCH3 is 1. The Kier molecular flexibility index (Phi) is 9.00. The van der Waals surface area contributed by atoms with Crippen molar-refractivity contribution in [2.75, 3.05) is 7.11 Å². The van der Waals surface area contributed by atoms with Gasteiger partial charge in [-0.3, -0.25) is 9.59 Å². The Hall–Kier alpha value is -6.22. The number of phenolic OH excluding ortho intramolecular Hbond substituents is 2. The number of benzene rings is 5. The summed E-state index contributed by atoms with van der Waals surface area (Å²) in [6, 6.07) is 29.8. The molecule has 0 aliphatic heterocycles. The molecule has 9 heteroatoms. The van der Waals surface area contributed by atoms with E-state index >= 15 is 0 Å². The van der Waals surface area contributed by atoms with Crippen molar-refractivity contribution in [3.8, 4) is 23.0 Å². The monoisotopic (exact) mass is 602 g/mol. The summed E-state index contributed by atoms with van der Waals surface area (Å²) in [7, 11) is 1.44. The third-order valence-corrected chi connectivity index (χ3v) is 6.89. The van der Waals surface area contributed by atoms with Crippen molar-refractivity contribution in [2.45, 2.75) is 6.61 Å². The highest BCUT2D eigenvalue weighted by Gasteiger charge is 2.37. The van der Waals surface area contributed by atoms with E-state index < -0.39 is 57.4 Å². The van der Waals surface area contributed by atoms with Gasteiger partial charge in [-0.05, 0) is 18.2 Å². The number of aromatic hydroxyl groups is 2. The molecule has 0 aliphatic carbocycles. The summed E-state index contributed by atoms with van der Waals surface area (Å²) >= 11 is 0. The standard InChI is InChI=1S/C36H26O9/c1-43-26-20-12-11-19-25(26)21-44-36(42)27-28(30(37)22-13-5-2-6-14-22)32(39)33(40)34(45-35(41)24-17-9-4-10-18-24)29(27)31(38)23-15-7-3-8-16-23/h2-20,39-40H,21H2,1H3. The predicted octanol–water partition coefficient (Wildman–Crippen LogP) is 6.14. The summed E-state index contributed by atoms with van der Waals surface area (Å²) < 4.78 is 16.4. The van der Waals surface area contributed by atoms with Crippen LogP contribution in [-0.4, -0.2) is 40.8 Å². The van der Waals surface area contributed by atoms with Gasteiger partial charge < -0.3 is 24.4 Å². The summed E-state index contributed by atoms with van der Waals surface area (Å²) in [5.41, 5.74) is -1.45. The number of carbonyl (C=O) groups is 4. The summed E-state index contributed by atoms with van der Waals surface area (Å²) in [5, 5.41) is 22.5. The molecule has 0 aliphatic rings. The zero-order valence-electron chi connectivity index (χ0n) is 23.9. The zero-order valence-corrected chi connectivity index (χ0v) is 23.9. The molecule has 0 saturated carbocycles. The first-order valence-corrected chi connectivity index (χ1v) is 13.7. The number of ketones is 2. The Balaban J connectivity index is 1.75. The maximum Gasteiger partial charge on any atom is 0.343 e. The smallest absolute Gasteiger partial charge is 0.343 e. The van der Waals surface area contributed by atoms with Crippen molar-refractivity contribution < 1.29 is 43.6 Å². The van der Waals surface area contributed by atoms with Crippen molar-refractivity contribution in [2.24, 2.45) is 0 Å². The number of ether oxygens (including phenoxy) is 3. The van der Waals surface area contributed by atoms with Crippen molar-refractivity contribution in [3.05, 3.63) is 154 Å². The van der Waals surface area contributed by atoms with Gasteiger partial charge in [0.15, 0.2) is 23.1 Å². The zero-order chi connectivity index (χ0) is 31.9. The van der Waals surface area contributed by atoms with Crippen molar-refractivity contribution in [1.82, 2.24) is 0 Å². The van der Waals surface area contributed by atoms with Gasteiger partial charge in [-0.15, -0.1) is 0 Å². The molecule has 0 saturated heterocycles. The molecule has 45 heavy (non-hydrogen) atoms. The van der Waals surface area contributed by atoms with Gasteiger partial charge in [0.2, 0.25) is 5.75 Å². The molecular weight excluding hydrogens is 576 g/mol. The predicted molar refractivity (Wildman–Crippen MR) is 163 cm³/mol. The van der Waals surface area contributed by atoms with Crippen LogP contribution in [0.1, 0.15) is 58.1 Å². The molecule has 5 rings (SSSR count). The topological polar surface area (TPSA) is 136 Å². The van der Waals surface area contributed by atoms with Crippen molar-refractivity contribution >= 4 is 23.5 Å². The van der Waals surface area contributed by atoms with Crippen LogP contribution in [0.25, 0.3) is 0 Å². The molecule has 0 radical (unpaired) electrons. The van der Waals surface area contributed by atoms with Gasteiger partial charge >= 0.3 is 11.9 Å². The average Bonchev–Trinajstić information content (AvgIpc) is 3.09. The second-order valence-corrected chi connectivity index (χ2v) is 9.69. The number of para-hydroxylation sites is 1. The molecule has 9 nitrogen and oxygen atoms in total. The largest absolute Gasteiger partial charge is 0.504 e. The number of phenols is 2. The minimum atomic E-state index is -1.20. The second-order valence-electron chi connectivity index (χ2n) is 9.69. The first kappa shape index (κ1) is 30.2. The van der Waals surface area contributed by atoms with E-state index in [2.05, 4.69) is 0 Å². The Morgan fingerprint density at radius 3 is 1.60 bits per heavy atom. The molecule has 0 unspecified atom stereocenters. The number of carbonyl (C=O) groups excluding carboxylic acids is 4. The fraction of sp³-hybridized carbons (Fsp3) is 0.0556. The Morgan fingerprint density at radius 2 is 1.04 bits per heavy atom. The highest BCUT2D eigenvalue weighted by atomic mass is 16.5. The molecule has 0 fully saturated rings. The van der Waals surface area contributed by atoms with Gasteiger partial charge in [-0.2, -0.15) is 0 Å². The van der Waals surface area contributed by atoms with Crippen LogP contribution in [-0.2, 0) is 11.3 Å². The second kappa shape index (κ2) is 13.4. The van der Waals surface area contributed by atoms with Crippen LogP contribution in [0.5, 0.6) is 23.0 Å². The highest BCUT2D eigenvalue weighted by Crippen LogP contribution is 2.46. The molecule has 0 heterocycles. The maximum absolute atomic E-state index is 14.1. The van der Waals surface area contributed by atoms with E-state index in [-0.39, 0.29) is 23.3 Å². The third kappa shape index (κ3) is 6.28. The molecule has 224 valence electrons. The lowest BCUT2D eigenvalue weighted by Gasteiger charge is -2.20. The summed E-state index contributed by atoms with van der Waals surface area (Å²) in [5.74, 6) is -6.53. The molecule has 0 aromatic heterocycles. The quantitative estimate of drug-likeness (QED) is 0.0835. The van der Waals surface area contributed by atoms with Crippen LogP contribution < -0.4 is 9.47 Å². The van der Waals surface area contributed by atoms with Crippen molar-refractivity contribution in [3.63, 3.8) is 0 Å². The molecule has 5 aromatic rings. The van der Waals surface area contributed by atoms with Crippen LogP contribution in [0.2, 0.25) is 0 Å². The molecule has 0 amide bonds. The normalized spacial score (nSPS) is 10.5. The fourth-order valence-electron chi connectivity index (χ4n) is 4.67. The number of hydrogen-bond acceptors (Lipinski definition) is 9. The van der Waals surface area contributed by atoms with E-state index in [0.29, 0.717) is 11.3 Å². The average molecular weight is 603 g/mol. The molecule has 0 spiro atoms. The first-order valence-electron chi connectivity index (χ1n) is 13.7. The van der Waals surface area contributed by atoms with Crippen LogP contribution >= 0.6 is 0 Å². The lowest BCUT2D eigenvalue weighted by atomic mass is 9.88. The first-order chi connectivity index (χ1) is 21.8. The van der Waals surface area contributed by atoms with Gasteiger partial charge in [-0.25, -0.2) is 9.59 Å². The Labute approximate surface area is 257 Å². The van der Waals surface area contributed by atoms with E-state index in [1.807, 2.05) is 0 Å². The van der Waals surface area contributed by atoms with E-state index in [1.54, 1.807) is 78.9 Å². The van der Waals surface area contributed by atoms with Gasteiger partial charge in [0.25, 0.3) is 0 Å². The number of hydrogen-bond donors (Lipinski definition) is 2. The summed E-state index contributed by atoms with van der Waals surface area (Å²) in [4.78, 5) is 55.2. The minimum Gasteiger partial charge on any atom is -0.504 e.